The van der Waals surface area contributed by atoms with Gasteiger partial charge in [-0.15, -0.1) is 0 Å². The average Bonchev–Trinajstić information content (AvgIpc) is 3.31. The van der Waals surface area contributed by atoms with Crippen molar-refractivity contribution in [3.05, 3.63) is 48.2 Å². The fraction of sp³-hybridized carbons (Fsp3) is 0.389. The fourth-order valence-corrected chi connectivity index (χ4v) is 3.47. The quantitative estimate of drug-likeness (QED) is 0.786. The topological polar surface area (TPSA) is 84.4 Å². The summed E-state index contributed by atoms with van der Waals surface area (Å²) in [6.07, 6.45) is 2.22. The lowest BCUT2D eigenvalue weighted by Gasteiger charge is -2.21. The molecule has 1 aliphatic rings. The van der Waals surface area contributed by atoms with Crippen LogP contribution in [0.15, 0.2) is 41.1 Å². The second-order valence-corrected chi connectivity index (χ2v) is 6.45. The number of aromatic nitrogens is 3. The Bertz CT molecular complexity index is 901. The van der Waals surface area contributed by atoms with E-state index in [1.807, 2.05) is 30.5 Å². The van der Waals surface area contributed by atoms with Gasteiger partial charge in [0.25, 0.3) is 0 Å². The molecular formula is C18H20N4O3. The summed E-state index contributed by atoms with van der Waals surface area (Å²) in [7, 11) is 0. The first-order valence-electron chi connectivity index (χ1n) is 8.43. The van der Waals surface area contributed by atoms with E-state index in [2.05, 4.69) is 20.8 Å². The first kappa shape index (κ1) is 15.8. The number of carbonyl (C=O) groups is 1. The molecule has 1 amide bonds. The van der Waals surface area contributed by atoms with Gasteiger partial charge in [-0.05, 0) is 24.4 Å². The number of para-hydroxylation sites is 1. The zero-order chi connectivity index (χ0) is 17.4. The molecule has 0 bridgehead atoms. The van der Waals surface area contributed by atoms with Crippen LogP contribution >= 0.6 is 0 Å². The maximum absolute atomic E-state index is 12.7. The van der Waals surface area contributed by atoms with Crippen LogP contribution in [-0.4, -0.2) is 43.3 Å². The van der Waals surface area contributed by atoms with Gasteiger partial charge in [0.15, 0.2) is 5.82 Å². The minimum Gasteiger partial charge on any atom is -0.391 e. The Morgan fingerprint density at radius 3 is 3.00 bits per heavy atom. The monoisotopic (exact) mass is 340 g/mol. The van der Waals surface area contributed by atoms with Crippen molar-refractivity contribution >= 4 is 16.8 Å². The summed E-state index contributed by atoms with van der Waals surface area (Å²) in [5.41, 5.74) is 1.11. The van der Waals surface area contributed by atoms with Crippen LogP contribution in [0.1, 0.15) is 30.6 Å². The number of carbonyl (C=O) groups excluding carboxylic acids is 1. The number of rotatable bonds is 4. The van der Waals surface area contributed by atoms with E-state index in [0.29, 0.717) is 37.6 Å². The van der Waals surface area contributed by atoms with Gasteiger partial charge in [0.05, 0.1) is 6.10 Å². The van der Waals surface area contributed by atoms with Crippen molar-refractivity contribution in [2.75, 3.05) is 6.54 Å². The third kappa shape index (κ3) is 3.02. The summed E-state index contributed by atoms with van der Waals surface area (Å²) < 4.78 is 7.29. The van der Waals surface area contributed by atoms with Gasteiger partial charge in [-0.25, -0.2) is 0 Å². The van der Waals surface area contributed by atoms with Gasteiger partial charge in [0.2, 0.25) is 11.8 Å². The number of hydrogen-bond acceptors (Lipinski definition) is 5. The number of aliphatic hydroxyl groups excluding tert-OH is 1. The van der Waals surface area contributed by atoms with Gasteiger partial charge in [0.1, 0.15) is 6.04 Å². The Kier molecular flexibility index (Phi) is 4.01. The van der Waals surface area contributed by atoms with E-state index in [1.165, 1.54) is 0 Å². The first-order valence-corrected chi connectivity index (χ1v) is 8.43. The summed E-state index contributed by atoms with van der Waals surface area (Å²) >= 11 is 0. The molecule has 4 rings (SSSR count). The molecule has 7 heteroatoms. The van der Waals surface area contributed by atoms with Crippen LogP contribution < -0.4 is 0 Å². The van der Waals surface area contributed by atoms with Crippen molar-refractivity contribution in [2.45, 2.75) is 38.5 Å². The molecule has 0 unspecified atom stereocenters. The Labute approximate surface area is 144 Å². The van der Waals surface area contributed by atoms with Gasteiger partial charge < -0.3 is 19.1 Å². The van der Waals surface area contributed by atoms with Crippen molar-refractivity contribution in [3.63, 3.8) is 0 Å². The summed E-state index contributed by atoms with van der Waals surface area (Å²) in [6, 6.07) is 9.79. The third-order valence-corrected chi connectivity index (χ3v) is 4.67. The highest BCUT2D eigenvalue weighted by Crippen LogP contribution is 2.31. The molecule has 1 fully saturated rings. The third-order valence-electron chi connectivity index (χ3n) is 4.67. The van der Waals surface area contributed by atoms with E-state index < -0.39 is 6.10 Å². The molecule has 3 heterocycles. The van der Waals surface area contributed by atoms with Crippen LogP contribution in [0, 0.1) is 6.92 Å². The van der Waals surface area contributed by atoms with Crippen molar-refractivity contribution in [1.82, 2.24) is 19.6 Å². The molecule has 1 aromatic carbocycles. The molecule has 0 spiro atoms. The van der Waals surface area contributed by atoms with E-state index in [4.69, 9.17) is 4.52 Å². The Morgan fingerprint density at radius 1 is 1.36 bits per heavy atom. The number of hydrogen-bond donors (Lipinski definition) is 1. The summed E-state index contributed by atoms with van der Waals surface area (Å²) in [6.45, 7) is 2.63. The van der Waals surface area contributed by atoms with Crippen LogP contribution in [0.3, 0.4) is 0 Å². The summed E-state index contributed by atoms with van der Waals surface area (Å²) in [5, 5.41) is 14.9. The van der Waals surface area contributed by atoms with E-state index in [9.17, 15) is 9.90 Å². The summed E-state index contributed by atoms with van der Waals surface area (Å²) in [5.74, 6) is 0.909. The fourth-order valence-electron chi connectivity index (χ4n) is 3.47. The van der Waals surface area contributed by atoms with Crippen molar-refractivity contribution in [2.24, 2.45) is 0 Å². The molecule has 130 valence electrons. The predicted molar refractivity (Wildman–Crippen MR) is 90.7 cm³/mol. The Balaban J connectivity index is 1.48. The van der Waals surface area contributed by atoms with Crippen molar-refractivity contribution in [1.29, 1.82) is 0 Å². The number of amides is 1. The van der Waals surface area contributed by atoms with Crippen LogP contribution in [0.5, 0.6) is 0 Å². The van der Waals surface area contributed by atoms with Gasteiger partial charge in [-0.3, -0.25) is 4.79 Å². The van der Waals surface area contributed by atoms with E-state index in [1.54, 1.807) is 11.8 Å². The average molecular weight is 340 g/mol. The molecule has 1 N–H and O–H groups in total. The molecular weight excluding hydrogens is 320 g/mol. The van der Waals surface area contributed by atoms with E-state index >= 15 is 0 Å². The smallest absolute Gasteiger partial charge is 0.249 e. The van der Waals surface area contributed by atoms with Gasteiger partial charge in [0, 0.05) is 37.6 Å². The highest BCUT2D eigenvalue weighted by atomic mass is 16.5. The number of likely N-dealkylation sites (tertiary alicyclic amines) is 1. The Morgan fingerprint density at radius 2 is 2.20 bits per heavy atom. The number of benzene rings is 1. The zero-order valence-electron chi connectivity index (χ0n) is 14.0. The maximum atomic E-state index is 12.7. The van der Waals surface area contributed by atoms with Crippen LogP contribution in [0.25, 0.3) is 10.9 Å². The lowest BCUT2D eigenvalue weighted by atomic mass is 10.2. The molecule has 2 atom stereocenters. The van der Waals surface area contributed by atoms with Crippen molar-refractivity contribution in [3.8, 4) is 0 Å². The second kappa shape index (κ2) is 6.33. The minimum absolute atomic E-state index is 0.0183. The molecule has 1 saturated heterocycles. The maximum Gasteiger partial charge on any atom is 0.249 e. The zero-order valence-corrected chi connectivity index (χ0v) is 14.0. The number of aliphatic hydroxyl groups is 1. The molecule has 7 nitrogen and oxygen atoms in total. The molecule has 0 saturated carbocycles. The predicted octanol–water partition coefficient (Wildman–Crippen LogP) is 2.06. The second-order valence-electron chi connectivity index (χ2n) is 6.45. The van der Waals surface area contributed by atoms with Crippen LogP contribution in [-0.2, 0) is 11.3 Å². The number of fused-ring (bicyclic) bond motifs is 1. The highest BCUT2D eigenvalue weighted by molar-refractivity contribution is 5.80. The molecule has 1 aliphatic heterocycles. The van der Waals surface area contributed by atoms with Gasteiger partial charge in [-0.2, -0.15) is 4.98 Å². The minimum atomic E-state index is -0.562. The van der Waals surface area contributed by atoms with Crippen LogP contribution in [0.2, 0.25) is 0 Å². The SMILES string of the molecule is Cc1noc([C@H]2C[C@H](O)CN2C(=O)CCn2ccc3ccccc32)n1. The first-order chi connectivity index (χ1) is 12.1. The van der Waals surface area contributed by atoms with Crippen LogP contribution in [0.4, 0.5) is 0 Å². The van der Waals surface area contributed by atoms with Gasteiger partial charge >= 0.3 is 0 Å². The lowest BCUT2D eigenvalue weighted by Crippen LogP contribution is -2.32. The number of β-amino-alcohol motifs (C(OH)–C–C–N with tert-alkyl or cyclic N) is 1. The molecule has 2 aromatic heterocycles. The van der Waals surface area contributed by atoms with Gasteiger partial charge in [-0.1, -0.05) is 23.4 Å². The number of nitrogens with zero attached hydrogens (tertiary/aromatic N) is 4. The molecule has 0 aliphatic carbocycles. The highest BCUT2D eigenvalue weighted by Gasteiger charge is 2.38. The summed E-state index contributed by atoms with van der Waals surface area (Å²) in [4.78, 5) is 18.6. The Hall–Kier alpha value is -2.67. The van der Waals surface area contributed by atoms with Crippen molar-refractivity contribution < 1.29 is 14.4 Å². The lowest BCUT2D eigenvalue weighted by molar-refractivity contribution is -0.133. The molecule has 25 heavy (non-hydrogen) atoms. The van der Waals surface area contributed by atoms with E-state index in [0.717, 1.165) is 10.9 Å². The normalized spacial score (nSPS) is 20.5. The molecule has 3 aromatic rings. The molecule has 0 radical (unpaired) electrons. The van der Waals surface area contributed by atoms with E-state index in [-0.39, 0.29) is 11.9 Å². The largest absolute Gasteiger partial charge is 0.391 e. The number of aryl methyl sites for hydroxylation is 2. The standard InChI is InChI=1S/C18H20N4O3/c1-12-19-18(25-20-12)16-10-14(23)11-22(16)17(24)7-9-21-8-6-13-4-2-3-5-15(13)21/h2-6,8,14,16,23H,7,9-11H2,1H3/t14-,16+/m0/s1.